The first-order valence-electron chi connectivity index (χ1n) is 5.63. The molecule has 0 saturated carbocycles. The Balaban J connectivity index is 0.00000180. The van der Waals surface area contributed by atoms with Gasteiger partial charge in [-0.25, -0.2) is 4.98 Å². The van der Waals surface area contributed by atoms with Crippen LogP contribution in [0.4, 0.5) is 5.82 Å². The van der Waals surface area contributed by atoms with Crippen LogP contribution >= 0.6 is 0 Å². The maximum atomic E-state index is 10.6. The van der Waals surface area contributed by atoms with Gasteiger partial charge in [0.15, 0.2) is 0 Å². The van der Waals surface area contributed by atoms with E-state index in [1.807, 2.05) is 4.90 Å². The predicted octanol–water partition coefficient (Wildman–Crippen LogP) is -4.38. The zero-order valence-electron chi connectivity index (χ0n) is 11.1. The van der Waals surface area contributed by atoms with Crippen LogP contribution in [0.3, 0.4) is 0 Å². The van der Waals surface area contributed by atoms with E-state index in [1.54, 1.807) is 6.07 Å². The quantitative estimate of drug-likeness (QED) is 0.513. The van der Waals surface area contributed by atoms with Crippen LogP contribution in [0.1, 0.15) is 5.82 Å². The molecular weight excluding hydrogens is 261 g/mol. The molecule has 0 aliphatic carbocycles. The van der Waals surface area contributed by atoms with E-state index in [0.29, 0.717) is 38.0 Å². The van der Waals surface area contributed by atoms with Gasteiger partial charge in [-0.2, -0.15) is 4.98 Å². The van der Waals surface area contributed by atoms with Gasteiger partial charge in [-0.05, 0) is 0 Å². The van der Waals surface area contributed by atoms with E-state index in [0.717, 1.165) is 0 Å². The van der Waals surface area contributed by atoms with Crippen LogP contribution < -0.4 is 44.3 Å². The third kappa shape index (κ3) is 4.61. The molecule has 2 rings (SSSR count). The van der Waals surface area contributed by atoms with Crippen LogP contribution in [0.15, 0.2) is 6.07 Å². The molecule has 0 unspecified atom stereocenters. The van der Waals surface area contributed by atoms with Crippen molar-refractivity contribution in [3.63, 3.8) is 0 Å². The van der Waals surface area contributed by atoms with Crippen molar-refractivity contribution in [2.45, 2.75) is 6.42 Å². The third-order valence-corrected chi connectivity index (χ3v) is 2.58. The number of aromatic nitrogens is 2. The standard InChI is InChI=1S/C11H15N3O4.Na/c1-17-10-7-9(14-2-4-18-5-3-14)12-8(13-10)6-11(15)16;/h7H,2-6H2,1H3,(H,15,16);/q;+1/p-1. The minimum absolute atomic E-state index is 0. The summed E-state index contributed by atoms with van der Waals surface area (Å²) in [4.78, 5) is 20.8. The summed E-state index contributed by atoms with van der Waals surface area (Å²) in [6, 6.07) is 1.68. The van der Waals surface area contributed by atoms with Gasteiger partial charge in [0, 0.05) is 31.5 Å². The second-order valence-electron chi connectivity index (χ2n) is 3.83. The molecule has 0 amide bonds. The summed E-state index contributed by atoms with van der Waals surface area (Å²) in [6.45, 7) is 2.68. The number of morpholine rings is 1. The maximum absolute atomic E-state index is 10.6. The zero-order valence-corrected chi connectivity index (χ0v) is 13.1. The van der Waals surface area contributed by atoms with E-state index in [4.69, 9.17) is 9.47 Å². The molecule has 0 atom stereocenters. The van der Waals surface area contributed by atoms with Gasteiger partial charge in [0.05, 0.1) is 20.3 Å². The molecule has 98 valence electrons. The minimum atomic E-state index is -1.21. The van der Waals surface area contributed by atoms with E-state index < -0.39 is 5.97 Å². The molecule has 0 bridgehead atoms. The Kier molecular flexibility index (Phi) is 6.50. The van der Waals surface area contributed by atoms with Gasteiger partial charge < -0.3 is 24.3 Å². The maximum Gasteiger partial charge on any atom is 1.00 e. The number of hydrogen-bond donors (Lipinski definition) is 0. The number of ether oxygens (including phenoxy) is 2. The van der Waals surface area contributed by atoms with Crippen molar-refractivity contribution in [3.8, 4) is 5.88 Å². The number of methoxy groups -OCH3 is 1. The fourth-order valence-electron chi connectivity index (χ4n) is 1.73. The van der Waals surface area contributed by atoms with Crippen LogP contribution in [0.25, 0.3) is 0 Å². The molecular formula is C11H14N3NaO4. The van der Waals surface area contributed by atoms with Gasteiger partial charge in [-0.15, -0.1) is 0 Å². The first-order valence-corrected chi connectivity index (χ1v) is 5.63. The van der Waals surface area contributed by atoms with Crippen LogP contribution in [0.2, 0.25) is 0 Å². The van der Waals surface area contributed by atoms with Gasteiger partial charge in [0.25, 0.3) is 0 Å². The normalized spacial score (nSPS) is 14.7. The van der Waals surface area contributed by atoms with Crippen molar-refractivity contribution in [1.82, 2.24) is 9.97 Å². The van der Waals surface area contributed by atoms with Gasteiger partial charge in [0.1, 0.15) is 11.6 Å². The predicted molar refractivity (Wildman–Crippen MR) is 60.3 cm³/mol. The van der Waals surface area contributed by atoms with E-state index in [-0.39, 0.29) is 41.8 Å². The topological polar surface area (TPSA) is 87.6 Å². The molecule has 1 fully saturated rings. The molecule has 0 spiro atoms. The Morgan fingerprint density at radius 2 is 2.16 bits per heavy atom. The first-order chi connectivity index (χ1) is 8.69. The largest absolute Gasteiger partial charge is 1.00 e. The summed E-state index contributed by atoms with van der Waals surface area (Å²) < 4.78 is 10.3. The summed E-state index contributed by atoms with van der Waals surface area (Å²) in [5.41, 5.74) is 0. The van der Waals surface area contributed by atoms with Crippen molar-refractivity contribution in [2.75, 3.05) is 38.3 Å². The summed E-state index contributed by atoms with van der Waals surface area (Å²) >= 11 is 0. The molecule has 2 heterocycles. The third-order valence-electron chi connectivity index (χ3n) is 2.58. The number of carboxylic acids is 1. The van der Waals surface area contributed by atoms with E-state index in [2.05, 4.69) is 9.97 Å². The Hall–Kier alpha value is -0.890. The molecule has 8 heteroatoms. The number of carbonyl (C=O) groups is 1. The Morgan fingerprint density at radius 3 is 2.74 bits per heavy atom. The fraction of sp³-hybridized carbons (Fsp3) is 0.545. The molecule has 1 aromatic heterocycles. The van der Waals surface area contributed by atoms with Crippen molar-refractivity contribution in [1.29, 1.82) is 0 Å². The number of carbonyl (C=O) groups excluding carboxylic acids is 1. The first kappa shape index (κ1) is 16.2. The van der Waals surface area contributed by atoms with Crippen molar-refractivity contribution >= 4 is 11.8 Å². The van der Waals surface area contributed by atoms with Crippen LogP contribution in [0.5, 0.6) is 5.88 Å². The summed E-state index contributed by atoms with van der Waals surface area (Å²) in [6.07, 6.45) is -0.325. The Labute approximate surface area is 133 Å². The molecule has 1 aromatic rings. The van der Waals surface area contributed by atoms with Gasteiger partial charge in [0.2, 0.25) is 5.88 Å². The number of nitrogens with zero attached hydrogens (tertiary/aromatic N) is 3. The average Bonchev–Trinajstić information content (AvgIpc) is 2.38. The minimum Gasteiger partial charge on any atom is -0.550 e. The molecule has 19 heavy (non-hydrogen) atoms. The number of hydrogen-bond acceptors (Lipinski definition) is 7. The van der Waals surface area contributed by atoms with Gasteiger partial charge in [-0.1, -0.05) is 0 Å². The number of anilines is 1. The SMILES string of the molecule is COc1cc(N2CCOCC2)nc(CC(=O)[O-])n1.[Na+]. The molecule has 1 saturated heterocycles. The van der Waals surface area contributed by atoms with Crippen LogP contribution in [-0.4, -0.2) is 49.4 Å². The number of carboxylic acid groups (broad SMARTS) is 1. The number of aliphatic carboxylic acids is 1. The van der Waals surface area contributed by atoms with Crippen molar-refractivity contribution in [3.05, 3.63) is 11.9 Å². The zero-order chi connectivity index (χ0) is 13.0. The second kappa shape index (κ2) is 7.64. The summed E-state index contributed by atoms with van der Waals surface area (Å²) in [5, 5.41) is 10.6. The van der Waals surface area contributed by atoms with Gasteiger partial charge in [-0.3, -0.25) is 0 Å². The van der Waals surface area contributed by atoms with Crippen molar-refractivity contribution < 1.29 is 48.9 Å². The fourth-order valence-corrected chi connectivity index (χ4v) is 1.73. The van der Waals surface area contributed by atoms with Crippen LogP contribution in [0, 0.1) is 0 Å². The number of rotatable bonds is 4. The van der Waals surface area contributed by atoms with E-state index in [9.17, 15) is 9.90 Å². The Morgan fingerprint density at radius 1 is 1.47 bits per heavy atom. The van der Waals surface area contributed by atoms with Gasteiger partial charge >= 0.3 is 29.6 Å². The second-order valence-corrected chi connectivity index (χ2v) is 3.83. The molecule has 1 aliphatic rings. The van der Waals surface area contributed by atoms with E-state index in [1.165, 1.54) is 7.11 Å². The molecule has 0 N–H and O–H groups in total. The van der Waals surface area contributed by atoms with Crippen LogP contribution in [-0.2, 0) is 16.0 Å². The molecule has 0 aromatic carbocycles. The molecule has 7 nitrogen and oxygen atoms in total. The Bertz CT molecular complexity index is 438. The van der Waals surface area contributed by atoms with Crippen molar-refractivity contribution in [2.24, 2.45) is 0 Å². The average molecular weight is 275 g/mol. The summed E-state index contributed by atoms with van der Waals surface area (Å²) in [5.74, 6) is -0.0174. The summed E-state index contributed by atoms with van der Waals surface area (Å²) in [7, 11) is 1.48. The molecule has 0 radical (unpaired) electrons. The smallest absolute Gasteiger partial charge is 0.550 e. The molecule has 1 aliphatic heterocycles. The monoisotopic (exact) mass is 275 g/mol. The van der Waals surface area contributed by atoms with E-state index >= 15 is 0 Å².